The van der Waals surface area contributed by atoms with Crippen LogP contribution in [0.4, 0.5) is 37.8 Å². The normalized spacial score (nSPS) is 17.3. The van der Waals surface area contributed by atoms with E-state index in [1.54, 1.807) is 48.5 Å². The molecule has 3 amide bonds. The summed E-state index contributed by atoms with van der Waals surface area (Å²) in [4.78, 5) is 50.2. The van der Waals surface area contributed by atoms with Gasteiger partial charge >= 0.3 is 12.4 Å². The minimum absolute atomic E-state index is 0.0789. The van der Waals surface area contributed by atoms with E-state index in [9.17, 15) is 40.7 Å². The van der Waals surface area contributed by atoms with E-state index >= 15 is 0 Å². The largest absolute Gasteiger partial charge is 0.454 e. The van der Waals surface area contributed by atoms with Crippen LogP contribution < -0.4 is 25.4 Å². The zero-order chi connectivity index (χ0) is 33.9. The van der Waals surface area contributed by atoms with Gasteiger partial charge in [0.25, 0.3) is 5.91 Å². The number of amides is 3. The number of aromatic nitrogens is 1. The summed E-state index contributed by atoms with van der Waals surface area (Å²) in [6.45, 7) is -0.0963. The number of alkyl halides is 6. The number of pyridine rings is 1. The van der Waals surface area contributed by atoms with Gasteiger partial charge in [-0.1, -0.05) is 36.4 Å². The Balaban J connectivity index is 1.61. The Morgan fingerprint density at radius 1 is 0.915 bits per heavy atom. The zero-order valence-corrected chi connectivity index (χ0v) is 24.3. The second-order valence-corrected chi connectivity index (χ2v) is 10.8. The zero-order valence-electron chi connectivity index (χ0n) is 24.3. The van der Waals surface area contributed by atoms with Gasteiger partial charge in [-0.15, -0.1) is 0 Å². The fraction of sp³-hybridized carbons (Fsp3) is 0.323. The standard InChI is InChI=1S/C31H27F6N5O5/c32-30(33,34)11-9-18(26(38)43)19(10-12-31(35,36)37)28(44)41-27-29(45)42(24-8-4-5-13-39-24)21-15-23-22(46-16-47-23)14-20(21)25(40-27)17-6-2-1-3-7-17/h1-8,13-15,18-19,27H,9-12,16H2,(H2,38,43)(H,41,44)/t18-,19+,27+/m0/s1. The number of hydrogen-bond acceptors (Lipinski definition) is 7. The topological polar surface area (TPSA) is 136 Å². The molecule has 2 aliphatic rings. The molecule has 0 unspecified atom stereocenters. The van der Waals surface area contributed by atoms with Crippen LogP contribution in [0.1, 0.15) is 36.8 Å². The van der Waals surface area contributed by atoms with E-state index in [2.05, 4.69) is 15.3 Å². The Labute approximate surface area is 263 Å². The lowest BCUT2D eigenvalue weighted by atomic mass is 9.83. The molecule has 0 spiro atoms. The van der Waals surface area contributed by atoms with Gasteiger partial charge in [0.05, 0.1) is 11.4 Å². The average Bonchev–Trinajstić information content (AvgIpc) is 3.43. The number of nitrogens with two attached hydrogens (primary N) is 1. The summed E-state index contributed by atoms with van der Waals surface area (Å²) < 4.78 is 90.2. The van der Waals surface area contributed by atoms with Crippen LogP contribution in [-0.4, -0.2) is 53.7 Å². The molecule has 0 aliphatic carbocycles. The summed E-state index contributed by atoms with van der Waals surface area (Å²) in [5.74, 6) is -6.83. The molecule has 5 rings (SSSR count). The van der Waals surface area contributed by atoms with E-state index in [0.29, 0.717) is 16.9 Å². The average molecular weight is 664 g/mol. The van der Waals surface area contributed by atoms with Gasteiger partial charge in [0.15, 0.2) is 11.5 Å². The number of primary amides is 1. The number of aliphatic imine (C=N–C) groups is 1. The maximum Gasteiger partial charge on any atom is 0.389 e. The first-order chi connectivity index (χ1) is 22.2. The summed E-state index contributed by atoms with van der Waals surface area (Å²) in [7, 11) is 0. The van der Waals surface area contributed by atoms with Crippen molar-refractivity contribution < 1.29 is 50.2 Å². The van der Waals surface area contributed by atoms with E-state index in [1.807, 2.05) is 0 Å². The molecule has 0 saturated carbocycles. The molecule has 2 aliphatic heterocycles. The molecule has 3 N–H and O–H groups in total. The number of halogens is 6. The van der Waals surface area contributed by atoms with Gasteiger partial charge in [0, 0.05) is 48.1 Å². The Morgan fingerprint density at radius 3 is 2.13 bits per heavy atom. The van der Waals surface area contributed by atoms with Gasteiger partial charge in [-0.2, -0.15) is 26.3 Å². The Morgan fingerprint density at radius 2 is 1.53 bits per heavy atom. The van der Waals surface area contributed by atoms with Gasteiger partial charge in [0.1, 0.15) is 5.82 Å². The first-order valence-electron chi connectivity index (χ1n) is 14.3. The van der Waals surface area contributed by atoms with Crippen molar-refractivity contribution in [2.75, 3.05) is 11.7 Å². The van der Waals surface area contributed by atoms with Crippen molar-refractivity contribution in [2.45, 2.75) is 44.2 Å². The molecule has 10 nitrogen and oxygen atoms in total. The highest BCUT2D eigenvalue weighted by Gasteiger charge is 2.42. The molecule has 0 fully saturated rings. The summed E-state index contributed by atoms with van der Waals surface area (Å²) in [6.07, 6.45) is -15.3. The lowest BCUT2D eigenvalue weighted by molar-refractivity contribution is -0.152. The third kappa shape index (κ3) is 7.81. The fourth-order valence-electron chi connectivity index (χ4n) is 5.38. The van der Waals surface area contributed by atoms with Gasteiger partial charge in [-0.3, -0.25) is 19.3 Å². The van der Waals surface area contributed by atoms with Gasteiger partial charge in [0.2, 0.25) is 24.8 Å². The van der Waals surface area contributed by atoms with E-state index in [4.69, 9.17) is 15.2 Å². The number of benzene rings is 2. The van der Waals surface area contributed by atoms with E-state index in [0.717, 1.165) is 4.90 Å². The Bertz CT molecular complexity index is 1670. The van der Waals surface area contributed by atoms with Gasteiger partial charge < -0.3 is 20.5 Å². The lowest BCUT2D eigenvalue weighted by Gasteiger charge is -2.28. The second kappa shape index (κ2) is 13.3. The predicted octanol–water partition coefficient (Wildman–Crippen LogP) is 5.17. The molecule has 0 saturated heterocycles. The number of anilines is 2. The minimum Gasteiger partial charge on any atom is -0.454 e. The number of nitrogens with zero attached hydrogens (tertiary/aromatic N) is 3. The first-order valence-corrected chi connectivity index (χ1v) is 14.3. The highest BCUT2D eigenvalue weighted by molar-refractivity contribution is 6.22. The summed E-state index contributed by atoms with van der Waals surface area (Å²) in [5.41, 5.74) is 6.51. The van der Waals surface area contributed by atoms with Crippen LogP contribution >= 0.6 is 0 Å². The second-order valence-electron chi connectivity index (χ2n) is 10.8. The minimum atomic E-state index is -4.82. The van der Waals surface area contributed by atoms with Crippen molar-refractivity contribution in [1.29, 1.82) is 0 Å². The monoisotopic (exact) mass is 663 g/mol. The molecular formula is C31H27F6N5O5. The maximum absolute atomic E-state index is 14.3. The number of rotatable bonds is 10. The third-order valence-corrected chi connectivity index (χ3v) is 7.57. The molecule has 47 heavy (non-hydrogen) atoms. The van der Waals surface area contributed by atoms with Gasteiger partial charge in [-0.25, -0.2) is 9.98 Å². The van der Waals surface area contributed by atoms with E-state index in [1.165, 1.54) is 18.3 Å². The molecule has 0 radical (unpaired) electrons. The predicted molar refractivity (Wildman–Crippen MR) is 155 cm³/mol. The smallest absolute Gasteiger partial charge is 0.389 e. The Kier molecular flexibility index (Phi) is 9.40. The van der Waals surface area contributed by atoms with Crippen LogP contribution in [0.5, 0.6) is 11.5 Å². The number of ether oxygens (including phenoxy) is 2. The molecule has 1 aromatic heterocycles. The van der Waals surface area contributed by atoms with Crippen molar-refractivity contribution in [3.63, 3.8) is 0 Å². The van der Waals surface area contributed by atoms with E-state index < -0.39 is 73.8 Å². The number of carbonyl (C=O) groups excluding carboxylic acids is 3. The molecule has 248 valence electrons. The lowest BCUT2D eigenvalue weighted by Crippen LogP contribution is -2.50. The maximum atomic E-state index is 14.3. The molecule has 3 atom stereocenters. The molecule has 0 bridgehead atoms. The molecule has 2 aromatic carbocycles. The van der Waals surface area contributed by atoms with Crippen LogP contribution in [-0.2, 0) is 14.4 Å². The highest BCUT2D eigenvalue weighted by atomic mass is 19.4. The molecule has 3 aromatic rings. The van der Waals surface area contributed by atoms with Gasteiger partial charge in [-0.05, 0) is 31.0 Å². The summed E-state index contributed by atoms with van der Waals surface area (Å²) >= 11 is 0. The first kappa shape index (κ1) is 33.2. The molecule has 16 heteroatoms. The number of hydrogen-bond donors (Lipinski definition) is 2. The van der Waals surface area contributed by atoms with Crippen LogP contribution in [0.15, 0.2) is 71.9 Å². The van der Waals surface area contributed by atoms with Crippen LogP contribution in [0.3, 0.4) is 0 Å². The van der Waals surface area contributed by atoms with Crippen molar-refractivity contribution in [2.24, 2.45) is 22.6 Å². The van der Waals surface area contributed by atoms with Crippen molar-refractivity contribution >= 4 is 34.9 Å². The SMILES string of the molecule is NC(=O)[C@@H](CCC(F)(F)F)[C@@H](CCC(F)(F)F)C(=O)N[C@H]1N=C(c2ccccc2)c2cc3c(cc2N(c2ccccn2)C1=O)OCO3. The van der Waals surface area contributed by atoms with Crippen molar-refractivity contribution in [3.8, 4) is 11.5 Å². The van der Waals surface area contributed by atoms with Crippen LogP contribution in [0.25, 0.3) is 0 Å². The molecule has 3 heterocycles. The van der Waals surface area contributed by atoms with Crippen molar-refractivity contribution in [3.05, 3.63) is 78.0 Å². The molecular weight excluding hydrogens is 636 g/mol. The third-order valence-electron chi connectivity index (χ3n) is 7.57. The van der Waals surface area contributed by atoms with Crippen LogP contribution in [0, 0.1) is 11.8 Å². The summed E-state index contributed by atoms with van der Waals surface area (Å²) in [6, 6.07) is 16.2. The van der Waals surface area contributed by atoms with E-state index in [-0.39, 0.29) is 29.8 Å². The number of carbonyl (C=O) groups is 3. The number of nitrogens with one attached hydrogen (secondary N) is 1. The van der Waals surface area contributed by atoms with Crippen molar-refractivity contribution in [1.82, 2.24) is 10.3 Å². The number of fused-ring (bicyclic) bond motifs is 2. The highest BCUT2D eigenvalue weighted by Crippen LogP contribution is 2.43. The van der Waals surface area contributed by atoms with Crippen LogP contribution in [0.2, 0.25) is 0 Å². The summed E-state index contributed by atoms with van der Waals surface area (Å²) in [5, 5.41) is 2.30. The fourth-order valence-corrected chi connectivity index (χ4v) is 5.38. The quantitative estimate of drug-likeness (QED) is 0.288. The Hall–Kier alpha value is -5.15.